The van der Waals surface area contributed by atoms with Gasteiger partial charge in [0.2, 0.25) is 5.91 Å². The molecule has 0 saturated carbocycles. The SMILES string of the molecule is NC(C(=O)Nc1cccc(Cl)n1)c1ccccc1. The van der Waals surface area contributed by atoms with Gasteiger partial charge in [-0.2, -0.15) is 0 Å². The first-order chi connectivity index (χ1) is 8.66. The number of benzene rings is 1. The van der Waals surface area contributed by atoms with Gasteiger partial charge < -0.3 is 11.1 Å². The minimum absolute atomic E-state index is 0.320. The van der Waals surface area contributed by atoms with Crippen LogP contribution in [0.3, 0.4) is 0 Å². The Hall–Kier alpha value is -1.91. The number of hydrogen-bond donors (Lipinski definition) is 2. The van der Waals surface area contributed by atoms with Crippen molar-refractivity contribution in [2.45, 2.75) is 6.04 Å². The molecule has 3 N–H and O–H groups in total. The summed E-state index contributed by atoms with van der Waals surface area (Å²) in [5, 5.41) is 2.94. The lowest BCUT2D eigenvalue weighted by molar-refractivity contribution is -0.117. The van der Waals surface area contributed by atoms with Crippen LogP contribution in [-0.2, 0) is 4.79 Å². The molecule has 2 aromatic rings. The van der Waals surface area contributed by atoms with Gasteiger partial charge in [0, 0.05) is 0 Å². The zero-order valence-electron chi connectivity index (χ0n) is 9.51. The van der Waals surface area contributed by atoms with Crippen molar-refractivity contribution in [2.24, 2.45) is 5.73 Å². The van der Waals surface area contributed by atoms with Crippen LogP contribution >= 0.6 is 11.6 Å². The molecule has 1 aromatic carbocycles. The van der Waals surface area contributed by atoms with Crippen molar-refractivity contribution in [1.82, 2.24) is 4.98 Å². The number of pyridine rings is 1. The fraction of sp³-hybridized carbons (Fsp3) is 0.0769. The first kappa shape index (κ1) is 12.5. The first-order valence-electron chi connectivity index (χ1n) is 5.41. The predicted molar refractivity (Wildman–Crippen MR) is 71.2 cm³/mol. The van der Waals surface area contributed by atoms with Crippen molar-refractivity contribution in [2.75, 3.05) is 5.32 Å². The van der Waals surface area contributed by atoms with E-state index in [9.17, 15) is 4.79 Å². The van der Waals surface area contributed by atoms with Gasteiger partial charge in [0.15, 0.2) is 0 Å². The Balaban J connectivity index is 2.09. The molecule has 0 saturated heterocycles. The molecule has 5 heteroatoms. The van der Waals surface area contributed by atoms with Crippen molar-refractivity contribution in [3.05, 3.63) is 59.2 Å². The molecule has 1 amide bonds. The summed E-state index contributed by atoms with van der Waals surface area (Å²) in [5.74, 6) is 0.0647. The number of carbonyl (C=O) groups excluding carboxylic acids is 1. The molecule has 0 fully saturated rings. The summed E-state index contributed by atoms with van der Waals surface area (Å²) in [7, 11) is 0. The van der Waals surface area contributed by atoms with E-state index in [1.54, 1.807) is 30.3 Å². The zero-order chi connectivity index (χ0) is 13.0. The number of halogens is 1. The van der Waals surface area contributed by atoms with Crippen LogP contribution in [0.15, 0.2) is 48.5 Å². The minimum atomic E-state index is -0.730. The second-order valence-electron chi connectivity index (χ2n) is 3.72. The highest BCUT2D eigenvalue weighted by Gasteiger charge is 2.15. The fourth-order valence-corrected chi connectivity index (χ4v) is 1.66. The lowest BCUT2D eigenvalue weighted by atomic mass is 10.1. The Labute approximate surface area is 110 Å². The largest absolute Gasteiger partial charge is 0.316 e. The van der Waals surface area contributed by atoms with E-state index in [1.807, 2.05) is 18.2 Å². The molecule has 1 aromatic heterocycles. The highest BCUT2D eigenvalue weighted by molar-refractivity contribution is 6.29. The second kappa shape index (κ2) is 5.62. The summed E-state index contributed by atoms with van der Waals surface area (Å²) < 4.78 is 0. The third kappa shape index (κ3) is 3.06. The normalized spacial score (nSPS) is 11.9. The van der Waals surface area contributed by atoms with E-state index in [0.29, 0.717) is 11.0 Å². The number of anilines is 1. The maximum atomic E-state index is 11.9. The van der Waals surface area contributed by atoms with Crippen LogP contribution in [0.1, 0.15) is 11.6 Å². The van der Waals surface area contributed by atoms with E-state index in [0.717, 1.165) is 5.56 Å². The van der Waals surface area contributed by atoms with Crippen LogP contribution < -0.4 is 11.1 Å². The van der Waals surface area contributed by atoms with Gasteiger partial charge in [-0.3, -0.25) is 4.79 Å². The molecule has 4 nitrogen and oxygen atoms in total. The molecule has 0 radical (unpaired) electrons. The number of nitrogens with one attached hydrogen (secondary N) is 1. The summed E-state index contributed by atoms with van der Waals surface area (Å²) in [5.41, 5.74) is 6.60. The molecule has 1 heterocycles. The van der Waals surface area contributed by atoms with Gasteiger partial charge in [-0.25, -0.2) is 4.98 Å². The average Bonchev–Trinajstić information content (AvgIpc) is 2.39. The Morgan fingerprint density at radius 2 is 1.89 bits per heavy atom. The molecule has 0 aliphatic heterocycles. The van der Waals surface area contributed by atoms with Gasteiger partial charge in [0.25, 0.3) is 0 Å². The van der Waals surface area contributed by atoms with Gasteiger partial charge in [-0.05, 0) is 17.7 Å². The molecular formula is C13H12ClN3O. The van der Waals surface area contributed by atoms with Crippen LogP contribution in [0.25, 0.3) is 0 Å². The van der Waals surface area contributed by atoms with E-state index in [-0.39, 0.29) is 5.91 Å². The van der Waals surface area contributed by atoms with E-state index < -0.39 is 6.04 Å². The Morgan fingerprint density at radius 3 is 2.56 bits per heavy atom. The van der Waals surface area contributed by atoms with Crippen molar-refractivity contribution in [3.63, 3.8) is 0 Å². The number of nitrogens with two attached hydrogens (primary N) is 1. The summed E-state index contributed by atoms with van der Waals surface area (Å²) >= 11 is 5.73. The van der Waals surface area contributed by atoms with Crippen LogP contribution in [0.5, 0.6) is 0 Å². The fourth-order valence-electron chi connectivity index (χ4n) is 1.49. The van der Waals surface area contributed by atoms with Crippen LogP contribution in [0.4, 0.5) is 5.82 Å². The number of aromatic nitrogens is 1. The molecule has 0 spiro atoms. The van der Waals surface area contributed by atoms with Crippen LogP contribution in [-0.4, -0.2) is 10.9 Å². The highest BCUT2D eigenvalue weighted by Crippen LogP contribution is 2.14. The standard InChI is InChI=1S/C13H12ClN3O/c14-10-7-4-8-11(16-10)17-13(18)12(15)9-5-2-1-3-6-9/h1-8,12H,15H2,(H,16,17,18). The summed E-state index contributed by atoms with van der Waals surface area (Å²) in [6.45, 7) is 0. The van der Waals surface area contributed by atoms with E-state index in [2.05, 4.69) is 10.3 Å². The molecular weight excluding hydrogens is 250 g/mol. The summed E-state index contributed by atoms with van der Waals surface area (Å²) in [6.07, 6.45) is 0. The quantitative estimate of drug-likeness (QED) is 0.834. The second-order valence-corrected chi connectivity index (χ2v) is 4.11. The first-order valence-corrected chi connectivity index (χ1v) is 5.78. The Bertz CT molecular complexity index is 545. The molecule has 0 aliphatic carbocycles. The monoisotopic (exact) mass is 261 g/mol. The number of rotatable bonds is 3. The van der Waals surface area contributed by atoms with Gasteiger partial charge in [-0.15, -0.1) is 0 Å². The van der Waals surface area contributed by atoms with E-state index in [4.69, 9.17) is 17.3 Å². The highest BCUT2D eigenvalue weighted by atomic mass is 35.5. The third-order valence-corrected chi connectivity index (χ3v) is 2.62. The number of amides is 1. The van der Waals surface area contributed by atoms with Crippen molar-refractivity contribution >= 4 is 23.3 Å². The average molecular weight is 262 g/mol. The van der Waals surface area contributed by atoms with Gasteiger partial charge in [0.05, 0.1) is 0 Å². The van der Waals surface area contributed by atoms with Crippen molar-refractivity contribution < 1.29 is 4.79 Å². The number of nitrogens with zero attached hydrogens (tertiary/aromatic N) is 1. The smallest absolute Gasteiger partial charge is 0.247 e. The van der Waals surface area contributed by atoms with Crippen LogP contribution in [0.2, 0.25) is 5.15 Å². The van der Waals surface area contributed by atoms with Gasteiger partial charge in [0.1, 0.15) is 17.0 Å². The van der Waals surface area contributed by atoms with Crippen LogP contribution in [0, 0.1) is 0 Å². The lowest BCUT2D eigenvalue weighted by Gasteiger charge is -2.11. The summed E-state index contributed by atoms with van der Waals surface area (Å²) in [4.78, 5) is 15.9. The molecule has 0 bridgehead atoms. The molecule has 1 atom stereocenters. The molecule has 2 rings (SSSR count). The maximum Gasteiger partial charge on any atom is 0.247 e. The summed E-state index contributed by atoms with van der Waals surface area (Å²) in [6, 6.07) is 13.4. The topological polar surface area (TPSA) is 68.0 Å². The maximum absolute atomic E-state index is 11.9. The molecule has 92 valence electrons. The lowest BCUT2D eigenvalue weighted by Crippen LogP contribution is -2.28. The van der Waals surface area contributed by atoms with E-state index in [1.165, 1.54) is 0 Å². The Morgan fingerprint density at radius 1 is 1.17 bits per heavy atom. The van der Waals surface area contributed by atoms with E-state index >= 15 is 0 Å². The third-order valence-electron chi connectivity index (χ3n) is 2.41. The van der Waals surface area contributed by atoms with Crippen molar-refractivity contribution in [1.29, 1.82) is 0 Å². The molecule has 1 unspecified atom stereocenters. The predicted octanol–water partition coefficient (Wildman–Crippen LogP) is 2.37. The van der Waals surface area contributed by atoms with Gasteiger partial charge >= 0.3 is 0 Å². The molecule has 0 aliphatic rings. The Kier molecular flexibility index (Phi) is 3.92. The number of carbonyl (C=O) groups is 1. The molecule has 18 heavy (non-hydrogen) atoms. The van der Waals surface area contributed by atoms with Gasteiger partial charge in [-0.1, -0.05) is 48.0 Å². The zero-order valence-corrected chi connectivity index (χ0v) is 10.3. The number of hydrogen-bond acceptors (Lipinski definition) is 3. The minimum Gasteiger partial charge on any atom is -0.316 e. The van der Waals surface area contributed by atoms with Crippen molar-refractivity contribution in [3.8, 4) is 0 Å².